The number of halogens is 1. The highest BCUT2D eigenvalue weighted by Crippen LogP contribution is 2.32. The molecule has 0 aliphatic carbocycles. The van der Waals surface area contributed by atoms with Gasteiger partial charge in [-0.2, -0.15) is 5.10 Å². The number of benzene rings is 1. The normalized spacial score (nSPS) is 10.5. The van der Waals surface area contributed by atoms with Gasteiger partial charge in [-0.1, -0.05) is 0 Å². The molecule has 0 aliphatic heterocycles. The zero-order valence-electron chi connectivity index (χ0n) is 10.3. The number of methoxy groups -OCH3 is 1. The maximum atomic E-state index is 13.6. The lowest BCUT2D eigenvalue weighted by molar-refractivity contribution is 0.0596. The molecule has 6 nitrogen and oxygen atoms in total. The fourth-order valence-corrected chi connectivity index (χ4v) is 1.69. The van der Waals surface area contributed by atoms with Crippen LogP contribution in [0.15, 0.2) is 18.3 Å². The van der Waals surface area contributed by atoms with E-state index in [1.54, 1.807) is 7.05 Å². The van der Waals surface area contributed by atoms with Gasteiger partial charge in [-0.25, -0.2) is 9.18 Å². The zero-order valence-corrected chi connectivity index (χ0v) is 10.3. The molecule has 2 aromatic rings. The average molecular weight is 265 g/mol. The number of phenols is 1. The van der Waals surface area contributed by atoms with Crippen LogP contribution >= 0.6 is 0 Å². The highest BCUT2D eigenvalue weighted by atomic mass is 19.1. The molecule has 1 heterocycles. The Labute approximate surface area is 108 Å². The molecule has 1 aromatic carbocycles. The van der Waals surface area contributed by atoms with Crippen LogP contribution in [0.25, 0.3) is 11.1 Å². The zero-order chi connectivity index (χ0) is 14.2. The second kappa shape index (κ2) is 4.60. The van der Waals surface area contributed by atoms with E-state index < -0.39 is 17.5 Å². The highest BCUT2D eigenvalue weighted by molar-refractivity contribution is 5.94. The lowest BCUT2D eigenvalue weighted by atomic mass is 10.0. The Morgan fingerprint density at radius 1 is 1.53 bits per heavy atom. The van der Waals surface area contributed by atoms with Crippen molar-refractivity contribution in [3.05, 3.63) is 29.7 Å². The summed E-state index contributed by atoms with van der Waals surface area (Å²) in [7, 11) is 2.78. The molecule has 0 unspecified atom stereocenters. The van der Waals surface area contributed by atoms with Gasteiger partial charge in [-0.15, -0.1) is 0 Å². The quantitative estimate of drug-likeness (QED) is 0.799. The highest BCUT2D eigenvalue weighted by Gasteiger charge is 2.19. The molecule has 0 saturated carbocycles. The monoisotopic (exact) mass is 265 g/mol. The first-order valence-electron chi connectivity index (χ1n) is 5.34. The molecule has 7 heteroatoms. The summed E-state index contributed by atoms with van der Waals surface area (Å²) in [4.78, 5) is 11.5. The number of phenolic OH excluding ortho intramolecular Hbond substituents is 1. The SMILES string of the molecule is COC(=O)c1cc(-c2cnn(C)c2N)cc(F)c1O. The average Bonchev–Trinajstić information content (AvgIpc) is 2.72. The number of anilines is 1. The third-order valence-corrected chi connectivity index (χ3v) is 2.76. The molecule has 0 atom stereocenters. The van der Waals surface area contributed by atoms with Crippen molar-refractivity contribution in [2.45, 2.75) is 0 Å². The van der Waals surface area contributed by atoms with Crippen molar-refractivity contribution in [2.24, 2.45) is 7.05 Å². The second-order valence-corrected chi connectivity index (χ2v) is 3.91. The van der Waals surface area contributed by atoms with Crippen molar-refractivity contribution in [3.63, 3.8) is 0 Å². The largest absolute Gasteiger partial charge is 0.504 e. The molecule has 3 N–H and O–H groups in total. The van der Waals surface area contributed by atoms with Gasteiger partial charge in [0.2, 0.25) is 0 Å². The molecule has 19 heavy (non-hydrogen) atoms. The fraction of sp³-hybridized carbons (Fsp3) is 0.167. The number of nitrogens with two attached hydrogens (primary N) is 1. The van der Waals surface area contributed by atoms with Gasteiger partial charge in [0.25, 0.3) is 0 Å². The van der Waals surface area contributed by atoms with Crippen LogP contribution in [0.3, 0.4) is 0 Å². The topological polar surface area (TPSA) is 90.4 Å². The first-order chi connectivity index (χ1) is 8.95. The van der Waals surface area contributed by atoms with Crippen LogP contribution in [-0.4, -0.2) is 28.0 Å². The van der Waals surface area contributed by atoms with Crippen LogP contribution in [0.4, 0.5) is 10.2 Å². The Balaban J connectivity index is 2.63. The van der Waals surface area contributed by atoms with E-state index in [0.29, 0.717) is 16.9 Å². The van der Waals surface area contributed by atoms with Crippen molar-refractivity contribution < 1.29 is 19.0 Å². The fourth-order valence-electron chi connectivity index (χ4n) is 1.69. The van der Waals surface area contributed by atoms with Crippen molar-refractivity contribution in [2.75, 3.05) is 12.8 Å². The smallest absolute Gasteiger partial charge is 0.341 e. The molecule has 0 spiro atoms. The molecular weight excluding hydrogens is 253 g/mol. The number of ether oxygens (including phenoxy) is 1. The maximum absolute atomic E-state index is 13.6. The van der Waals surface area contributed by atoms with Gasteiger partial charge in [0, 0.05) is 12.6 Å². The summed E-state index contributed by atoms with van der Waals surface area (Å²) in [5, 5.41) is 13.4. The van der Waals surface area contributed by atoms with E-state index in [1.165, 1.54) is 16.9 Å². The van der Waals surface area contributed by atoms with Crippen LogP contribution in [-0.2, 0) is 11.8 Å². The van der Waals surface area contributed by atoms with Gasteiger partial charge < -0.3 is 15.6 Å². The summed E-state index contributed by atoms with van der Waals surface area (Å²) in [6, 6.07) is 2.38. The van der Waals surface area contributed by atoms with Crippen LogP contribution in [0.1, 0.15) is 10.4 Å². The standard InChI is InChI=1S/C12H12FN3O3/c1-16-11(14)8(5-15-16)6-3-7(12(18)19-2)10(17)9(13)4-6/h3-5,17H,14H2,1-2H3. The maximum Gasteiger partial charge on any atom is 0.341 e. The first-order valence-corrected chi connectivity index (χ1v) is 5.34. The van der Waals surface area contributed by atoms with Gasteiger partial charge in [-0.3, -0.25) is 4.68 Å². The molecule has 0 fully saturated rings. The molecular formula is C12H12FN3O3. The van der Waals surface area contributed by atoms with Crippen LogP contribution in [0.5, 0.6) is 5.75 Å². The molecule has 2 rings (SSSR count). The summed E-state index contributed by atoms with van der Waals surface area (Å²) in [6.45, 7) is 0. The minimum Gasteiger partial charge on any atom is -0.504 e. The molecule has 1 aromatic heterocycles. The number of hydrogen-bond acceptors (Lipinski definition) is 5. The Bertz CT molecular complexity index is 652. The Hall–Kier alpha value is -2.57. The number of esters is 1. The number of carbonyl (C=O) groups excluding carboxylic acids is 1. The molecule has 0 amide bonds. The molecule has 100 valence electrons. The van der Waals surface area contributed by atoms with Gasteiger partial charge in [0.05, 0.1) is 13.3 Å². The number of carbonyl (C=O) groups is 1. The number of nitrogen functional groups attached to an aromatic ring is 1. The molecule has 0 bridgehead atoms. The van der Waals surface area contributed by atoms with Gasteiger partial charge in [0.1, 0.15) is 11.4 Å². The van der Waals surface area contributed by atoms with E-state index in [0.717, 1.165) is 13.2 Å². The van der Waals surface area contributed by atoms with E-state index in [-0.39, 0.29) is 5.56 Å². The summed E-state index contributed by atoms with van der Waals surface area (Å²) in [5.41, 5.74) is 6.32. The summed E-state index contributed by atoms with van der Waals surface area (Å²) in [5.74, 6) is -2.19. The van der Waals surface area contributed by atoms with Crippen LogP contribution in [0.2, 0.25) is 0 Å². The van der Waals surface area contributed by atoms with Crippen LogP contribution in [0, 0.1) is 5.82 Å². The lowest BCUT2D eigenvalue weighted by Gasteiger charge is -2.07. The van der Waals surface area contributed by atoms with Crippen molar-refractivity contribution >= 4 is 11.8 Å². The van der Waals surface area contributed by atoms with Gasteiger partial charge >= 0.3 is 5.97 Å². The number of aryl methyl sites for hydroxylation is 1. The van der Waals surface area contributed by atoms with E-state index in [2.05, 4.69) is 9.84 Å². The number of aromatic hydroxyl groups is 1. The van der Waals surface area contributed by atoms with E-state index in [1.807, 2.05) is 0 Å². The summed E-state index contributed by atoms with van der Waals surface area (Å²) < 4.78 is 19.5. The van der Waals surface area contributed by atoms with Crippen molar-refractivity contribution in [1.29, 1.82) is 0 Å². The predicted molar refractivity (Wildman–Crippen MR) is 66.0 cm³/mol. The van der Waals surface area contributed by atoms with Crippen molar-refractivity contribution in [3.8, 4) is 16.9 Å². The second-order valence-electron chi connectivity index (χ2n) is 3.91. The lowest BCUT2D eigenvalue weighted by Crippen LogP contribution is -2.03. The molecule has 0 saturated heterocycles. The third kappa shape index (κ3) is 2.10. The number of aromatic nitrogens is 2. The Morgan fingerprint density at radius 2 is 2.21 bits per heavy atom. The minimum absolute atomic E-state index is 0.263. The minimum atomic E-state index is -0.929. The van der Waals surface area contributed by atoms with Crippen LogP contribution < -0.4 is 5.73 Å². The number of hydrogen-bond donors (Lipinski definition) is 2. The van der Waals surface area contributed by atoms with E-state index in [4.69, 9.17) is 5.73 Å². The third-order valence-electron chi connectivity index (χ3n) is 2.76. The van der Waals surface area contributed by atoms with Crippen molar-refractivity contribution in [1.82, 2.24) is 9.78 Å². The summed E-state index contributed by atoms with van der Waals surface area (Å²) in [6.07, 6.45) is 1.45. The first kappa shape index (κ1) is 12.9. The Morgan fingerprint density at radius 3 is 2.74 bits per heavy atom. The van der Waals surface area contributed by atoms with E-state index >= 15 is 0 Å². The van der Waals surface area contributed by atoms with Gasteiger partial charge in [0.15, 0.2) is 11.6 Å². The predicted octanol–water partition coefficient (Wildman–Crippen LogP) is 1.30. The molecule has 0 radical (unpaired) electrons. The number of nitrogens with zero attached hydrogens (tertiary/aromatic N) is 2. The molecule has 0 aliphatic rings. The van der Waals surface area contributed by atoms with Gasteiger partial charge in [-0.05, 0) is 17.7 Å². The Kier molecular flexibility index (Phi) is 3.12. The number of rotatable bonds is 2. The summed E-state index contributed by atoms with van der Waals surface area (Å²) >= 11 is 0. The van der Waals surface area contributed by atoms with E-state index in [9.17, 15) is 14.3 Å².